The van der Waals surface area contributed by atoms with Crippen LogP contribution in [0.25, 0.3) is 0 Å². The second-order valence-corrected chi connectivity index (χ2v) is 5.08. The van der Waals surface area contributed by atoms with Gasteiger partial charge in [0.25, 0.3) is 0 Å². The highest BCUT2D eigenvalue weighted by Gasteiger charge is 2.10. The van der Waals surface area contributed by atoms with Crippen molar-refractivity contribution in [3.05, 3.63) is 35.4 Å². The Morgan fingerprint density at radius 2 is 2.21 bits per heavy atom. The molecule has 4 heteroatoms. The molecule has 1 aromatic rings. The number of carboxylic acid groups (broad SMARTS) is 1. The quantitative estimate of drug-likeness (QED) is 0.818. The fraction of sp³-hybridized carbons (Fsp3) is 0.467. The van der Waals surface area contributed by atoms with Gasteiger partial charge in [-0.05, 0) is 23.6 Å². The van der Waals surface area contributed by atoms with Crippen LogP contribution in [-0.2, 0) is 11.3 Å². The topological polar surface area (TPSA) is 64.3 Å². The van der Waals surface area contributed by atoms with Crippen LogP contribution in [0.2, 0.25) is 0 Å². The lowest BCUT2D eigenvalue weighted by molar-refractivity contribution is -0.137. The highest BCUT2D eigenvalue weighted by atomic mass is 16.4. The summed E-state index contributed by atoms with van der Waals surface area (Å²) in [7, 11) is 0. The van der Waals surface area contributed by atoms with Crippen LogP contribution in [0.15, 0.2) is 24.3 Å². The van der Waals surface area contributed by atoms with E-state index in [1.807, 2.05) is 18.2 Å². The van der Waals surface area contributed by atoms with Crippen molar-refractivity contribution < 1.29 is 9.90 Å². The fourth-order valence-electron chi connectivity index (χ4n) is 2.00. The molecule has 0 aliphatic carbocycles. The number of nitriles is 1. The van der Waals surface area contributed by atoms with E-state index in [2.05, 4.69) is 24.8 Å². The summed E-state index contributed by atoms with van der Waals surface area (Å²) in [6, 6.07) is 9.57. The van der Waals surface area contributed by atoms with Crippen molar-refractivity contribution in [3.63, 3.8) is 0 Å². The lowest BCUT2D eigenvalue weighted by Gasteiger charge is -2.23. The van der Waals surface area contributed by atoms with Crippen molar-refractivity contribution in [1.82, 2.24) is 4.90 Å². The first-order valence-corrected chi connectivity index (χ1v) is 6.44. The van der Waals surface area contributed by atoms with E-state index in [1.165, 1.54) is 0 Å². The van der Waals surface area contributed by atoms with Crippen molar-refractivity contribution in [2.75, 3.05) is 13.1 Å². The fourth-order valence-corrected chi connectivity index (χ4v) is 2.00. The Labute approximate surface area is 114 Å². The van der Waals surface area contributed by atoms with Gasteiger partial charge in [0.2, 0.25) is 0 Å². The van der Waals surface area contributed by atoms with Crippen molar-refractivity contribution in [3.8, 4) is 6.07 Å². The molecular formula is C15H20N2O2. The van der Waals surface area contributed by atoms with Crippen LogP contribution >= 0.6 is 0 Å². The Balaban J connectivity index is 2.69. The van der Waals surface area contributed by atoms with Crippen LogP contribution in [0.5, 0.6) is 0 Å². The Bertz CT molecular complexity index is 463. The van der Waals surface area contributed by atoms with E-state index in [9.17, 15) is 4.79 Å². The molecule has 0 bridgehead atoms. The number of rotatable bonds is 7. The molecule has 4 nitrogen and oxygen atoms in total. The van der Waals surface area contributed by atoms with Crippen LogP contribution in [-0.4, -0.2) is 29.1 Å². The summed E-state index contributed by atoms with van der Waals surface area (Å²) < 4.78 is 0. The summed E-state index contributed by atoms with van der Waals surface area (Å²) in [5.74, 6) is -0.299. The van der Waals surface area contributed by atoms with Gasteiger partial charge in [-0.15, -0.1) is 0 Å². The lowest BCUT2D eigenvalue weighted by atomic mass is 10.1. The predicted octanol–water partition coefficient (Wildman–Crippen LogP) is 2.49. The van der Waals surface area contributed by atoms with Gasteiger partial charge in [0.05, 0.1) is 18.1 Å². The number of benzene rings is 1. The molecule has 0 aliphatic heterocycles. The van der Waals surface area contributed by atoms with E-state index < -0.39 is 5.97 Å². The van der Waals surface area contributed by atoms with Crippen molar-refractivity contribution >= 4 is 5.97 Å². The molecule has 0 aliphatic rings. The third-order valence-electron chi connectivity index (χ3n) is 2.73. The zero-order valence-corrected chi connectivity index (χ0v) is 11.5. The highest BCUT2D eigenvalue weighted by Crippen LogP contribution is 2.10. The van der Waals surface area contributed by atoms with Crippen LogP contribution < -0.4 is 0 Å². The minimum absolute atomic E-state index is 0.144. The third kappa shape index (κ3) is 6.03. The maximum absolute atomic E-state index is 10.7. The molecule has 0 heterocycles. The Morgan fingerprint density at radius 3 is 2.79 bits per heavy atom. The molecule has 0 saturated heterocycles. The molecule has 102 valence electrons. The van der Waals surface area contributed by atoms with Crippen LogP contribution in [0.3, 0.4) is 0 Å². The molecule has 0 unspecified atom stereocenters. The zero-order chi connectivity index (χ0) is 14.3. The Kier molecular flexibility index (Phi) is 6.04. The molecule has 19 heavy (non-hydrogen) atoms. The van der Waals surface area contributed by atoms with E-state index in [0.29, 0.717) is 24.6 Å². The summed E-state index contributed by atoms with van der Waals surface area (Å²) in [5, 5.41) is 17.7. The van der Waals surface area contributed by atoms with Crippen molar-refractivity contribution in [2.24, 2.45) is 5.92 Å². The summed E-state index contributed by atoms with van der Waals surface area (Å²) in [6.45, 7) is 6.29. The number of carboxylic acids is 1. The lowest BCUT2D eigenvalue weighted by Crippen LogP contribution is -2.29. The Hall–Kier alpha value is -1.86. The number of aliphatic carboxylic acids is 1. The van der Waals surface area contributed by atoms with Crippen molar-refractivity contribution in [2.45, 2.75) is 26.8 Å². The molecule has 1 N–H and O–H groups in total. The minimum Gasteiger partial charge on any atom is -0.481 e. The predicted molar refractivity (Wildman–Crippen MR) is 73.5 cm³/mol. The Morgan fingerprint density at radius 1 is 1.47 bits per heavy atom. The van der Waals surface area contributed by atoms with Gasteiger partial charge in [-0.1, -0.05) is 26.0 Å². The summed E-state index contributed by atoms with van der Waals surface area (Å²) in [4.78, 5) is 12.8. The monoisotopic (exact) mass is 260 g/mol. The van der Waals surface area contributed by atoms with Gasteiger partial charge in [-0.3, -0.25) is 9.69 Å². The van der Waals surface area contributed by atoms with Gasteiger partial charge in [0, 0.05) is 19.6 Å². The molecule has 0 saturated carbocycles. The molecule has 0 radical (unpaired) electrons. The normalized spacial score (nSPS) is 10.7. The third-order valence-corrected chi connectivity index (χ3v) is 2.73. The van der Waals surface area contributed by atoms with Gasteiger partial charge >= 0.3 is 5.97 Å². The summed E-state index contributed by atoms with van der Waals surface area (Å²) in [5.41, 5.74) is 1.69. The second kappa shape index (κ2) is 7.55. The van der Waals surface area contributed by atoms with E-state index in [4.69, 9.17) is 10.4 Å². The average molecular weight is 260 g/mol. The van der Waals surface area contributed by atoms with Gasteiger partial charge < -0.3 is 5.11 Å². The maximum Gasteiger partial charge on any atom is 0.304 e. The number of hydrogen-bond donors (Lipinski definition) is 1. The maximum atomic E-state index is 10.7. The first-order valence-electron chi connectivity index (χ1n) is 6.44. The largest absolute Gasteiger partial charge is 0.481 e. The van der Waals surface area contributed by atoms with Gasteiger partial charge in [-0.2, -0.15) is 5.26 Å². The molecular weight excluding hydrogens is 240 g/mol. The average Bonchev–Trinajstić information content (AvgIpc) is 2.35. The van der Waals surface area contributed by atoms with Gasteiger partial charge in [0.1, 0.15) is 0 Å². The number of nitrogens with zero attached hydrogens (tertiary/aromatic N) is 2. The van der Waals surface area contributed by atoms with Crippen molar-refractivity contribution in [1.29, 1.82) is 5.26 Å². The first kappa shape index (κ1) is 15.2. The number of carbonyl (C=O) groups is 1. The zero-order valence-electron chi connectivity index (χ0n) is 11.5. The van der Waals surface area contributed by atoms with E-state index in [0.717, 1.165) is 12.1 Å². The minimum atomic E-state index is -0.778. The summed E-state index contributed by atoms with van der Waals surface area (Å²) >= 11 is 0. The molecule has 1 aromatic carbocycles. The van der Waals surface area contributed by atoms with Crippen LogP contribution in [0.1, 0.15) is 31.4 Å². The standard InChI is InChI=1S/C15H20N2O2/c1-12(2)10-17(7-6-15(18)19)11-14-5-3-4-13(8-14)9-16/h3-5,8,12H,6-7,10-11H2,1-2H3,(H,18,19). The van der Waals surface area contributed by atoms with Crippen LogP contribution in [0.4, 0.5) is 0 Å². The first-order chi connectivity index (χ1) is 9.01. The SMILES string of the molecule is CC(C)CN(CCC(=O)O)Cc1cccc(C#N)c1. The molecule has 1 rings (SSSR count). The van der Waals surface area contributed by atoms with Gasteiger partial charge in [-0.25, -0.2) is 0 Å². The smallest absolute Gasteiger partial charge is 0.304 e. The van der Waals surface area contributed by atoms with Crippen LogP contribution in [0, 0.1) is 17.2 Å². The molecule has 0 aromatic heterocycles. The van der Waals surface area contributed by atoms with Gasteiger partial charge in [0.15, 0.2) is 0 Å². The van der Waals surface area contributed by atoms with E-state index in [1.54, 1.807) is 6.07 Å². The highest BCUT2D eigenvalue weighted by molar-refractivity contribution is 5.66. The molecule has 0 fully saturated rings. The second-order valence-electron chi connectivity index (χ2n) is 5.08. The molecule has 0 atom stereocenters. The number of hydrogen-bond acceptors (Lipinski definition) is 3. The molecule has 0 spiro atoms. The van der Waals surface area contributed by atoms with E-state index in [-0.39, 0.29) is 6.42 Å². The van der Waals surface area contributed by atoms with E-state index >= 15 is 0 Å². The molecule has 0 amide bonds. The summed E-state index contributed by atoms with van der Waals surface area (Å²) in [6.07, 6.45) is 0.144.